The summed E-state index contributed by atoms with van der Waals surface area (Å²) in [5, 5.41) is 12.2. The number of carbonyl (C=O) groups is 2. The van der Waals surface area contributed by atoms with Crippen molar-refractivity contribution in [1.82, 2.24) is 20.3 Å². The number of aryl methyl sites for hydroxylation is 2. The summed E-state index contributed by atoms with van der Waals surface area (Å²) >= 11 is 1.29. The van der Waals surface area contributed by atoms with E-state index >= 15 is 0 Å². The molecule has 1 atom stereocenters. The number of nitrogens with zero attached hydrogens (tertiary/aromatic N) is 1. The third kappa shape index (κ3) is 4.81. The maximum absolute atomic E-state index is 12.4. The van der Waals surface area contributed by atoms with Crippen molar-refractivity contribution in [2.45, 2.75) is 31.7 Å². The Morgan fingerprint density at radius 1 is 1.31 bits per heavy atom. The molecule has 0 bridgehead atoms. The van der Waals surface area contributed by atoms with Crippen molar-refractivity contribution in [3.63, 3.8) is 0 Å². The molecule has 0 aliphatic heterocycles. The lowest BCUT2D eigenvalue weighted by Crippen LogP contribution is -2.40. The Morgan fingerprint density at radius 3 is 2.83 bits per heavy atom. The van der Waals surface area contributed by atoms with Gasteiger partial charge in [-0.1, -0.05) is 0 Å². The minimum absolute atomic E-state index is 0.0518. The van der Waals surface area contributed by atoms with Crippen molar-refractivity contribution in [3.05, 3.63) is 44.0 Å². The molecule has 0 fully saturated rings. The minimum Gasteiger partial charge on any atom is -0.480 e. The zero-order chi connectivity index (χ0) is 21.0. The van der Waals surface area contributed by atoms with Crippen LogP contribution in [0.3, 0.4) is 0 Å². The average molecular weight is 418 g/mol. The van der Waals surface area contributed by atoms with Crippen molar-refractivity contribution in [3.8, 4) is 0 Å². The van der Waals surface area contributed by atoms with Gasteiger partial charge in [0, 0.05) is 11.1 Å². The number of anilines is 1. The topological polar surface area (TPSA) is 180 Å². The van der Waals surface area contributed by atoms with E-state index < -0.39 is 17.9 Å². The largest absolute Gasteiger partial charge is 0.480 e. The fourth-order valence-electron chi connectivity index (χ4n) is 3.02. The van der Waals surface area contributed by atoms with E-state index in [9.17, 15) is 19.5 Å². The number of fused-ring (bicyclic) bond motifs is 1. The molecule has 0 saturated carbocycles. The van der Waals surface area contributed by atoms with Gasteiger partial charge in [-0.2, -0.15) is 4.98 Å². The second kappa shape index (κ2) is 8.88. The molecule has 1 amide bonds. The molecule has 3 heterocycles. The third-order valence-electron chi connectivity index (χ3n) is 4.47. The van der Waals surface area contributed by atoms with E-state index in [1.165, 1.54) is 11.3 Å². The predicted octanol–water partition coefficient (Wildman–Crippen LogP) is 0.602. The molecule has 10 nitrogen and oxygen atoms in total. The van der Waals surface area contributed by atoms with Gasteiger partial charge in [0.2, 0.25) is 5.95 Å². The van der Waals surface area contributed by atoms with Gasteiger partial charge in [-0.3, -0.25) is 14.6 Å². The summed E-state index contributed by atoms with van der Waals surface area (Å²) in [5.74, 6) is -1.45. The first-order valence-electron chi connectivity index (χ1n) is 9.07. The lowest BCUT2D eigenvalue weighted by Gasteiger charge is -2.13. The number of hydrogen-bond donors (Lipinski definition) is 6. The van der Waals surface area contributed by atoms with Gasteiger partial charge in [0.1, 0.15) is 11.7 Å². The summed E-state index contributed by atoms with van der Waals surface area (Å²) in [7, 11) is 0. The molecule has 3 rings (SSSR count). The number of thiophene rings is 1. The van der Waals surface area contributed by atoms with E-state index in [2.05, 4.69) is 20.3 Å². The third-order valence-corrected chi connectivity index (χ3v) is 5.61. The van der Waals surface area contributed by atoms with E-state index in [0.717, 1.165) is 10.4 Å². The van der Waals surface area contributed by atoms with Gasteiger partial charge in [-0.05, 0) is 49.9 Å². The first-order chi connectivity index (χ1) is 13.9. The van der Waals surface area contributed by atoms with Gasteiger partial charge in [-0.25, -0.2) is 4.79 Å². The first kappa shape index (κ1) is 20.6. The van der Waals surface area contributed by atoms with Crippen LogP contribution in [0, 0.1) is 0 Å². The normalized spacial score (nSPS) is 12.2. The number of aliphatic carboxylic acids is 1. The van der Waals surface area contributed by atoms with Crippen molar-refractivity contribution in [1.29, 1.82) is 0 Å². The summed E-state index contributed by atoms with van der Waals surface area (Å²) in [6, 6.07) is 2.53. The van der Waals surface area contributed by atoms with Gasteiger partial charge in [0.05, 0.1) is 10.3 Å². The van der Waals surface area contributed by atoms with Gasteiger partial charge < -0.3 is 26.9 Å². The molecular weight excluding hydrogens is 396 g/mol. The molecule has 0 aliphatic carbocycles. The van der Waals surface area contributed by atoms with Gasteiger partial charge in [0.15, 0.2) is 0 Å². The van der Waals surface area contributed by atoms with Crippen LogP contribution in [0.1, 0.15) is 33.0 Å². The highest BCUT2D eigenvalue weighted by atomic mass is 32.1. The first-order valence-corrected chi connectivity index (χ1v) is 9.89. The van der Waals surface area contributed by atoms with E-state index in [4.69, 9.17) is 11.5 Å². The Balaban J connectivity index is 1.65. The monoisotopic (exact) mass is 418 g/mol. The SMILES string of the molecule is NCCCC(NC(=O)c1ccc(CCc2c[nH]c3nc(N)[nH]c(=O)c23)s1)C(=O)O. The summed E-state index contributed by atoms with van der Waals surface area (Å²) in [4.78, 5) is 46.6. The zero-order valence-electron chi connectivity index (χ0n) is 15.5. The molecule has 0 saturated heterocycles. The number of amides is 1. The smallest absolute Gasteiger partial charge is 0.326 e. The van der Waals surface area contributed by atoms with Crippen molar-refractivity contribution >= 4 is 40.2 Å². The lowest BCUT2D eigenvalue weighted by molar-refractivity contribution is -0.139. The second-order valence-corrected chi connectivity index (χ2v) is 7.72. The number of H-pyrrole nitrogens is 2. The van der Waals surface area contributed by atoms with Crippen LogP contribution in [-0.2, 0) is 17.6 Å². The van der Waals surface area contributed by atoms with Crippen LogP contribution in [0.15, 0.2) is 23.1 Å². The number of nitrogen functional groups attached to an aromatic ring is 1. The van der Waals surface area contributed by atoms with Crippen LogP contribution >= 0.6 is 11.3 Å². The van der Waals surface area contributed by atoms with Crippen LogP contribution in [0.2, 0.25) is 0 Å². The summed E-state index contributed by atoms with van der Waals surface area (Å²) < 4.78 is 0. The lowest BCUT2D eigenvalue weighted by atomic mass is 10.1. The quantitative estimate of drug-likeness (QED) is 0.294. The number of aromatic nitrogens is 3. The number of aromatic amines is 2. The maximum atomic E-state index is 12.4. The molecule has 11 heteroatoms. The van der Waals surface area contributed by atoms with E-state index in [1.54, 1.807) is 12.3 Å². The van der Waals surface area contributed by atoms with Gasteiger partial charge >= 0.3 is 5.97 Å². The molecule has 0 spiro atoms. The number of carbonyl (C=O) groups excluding carboxylic acids is 1. The Hall–Kier alpha value is -3.18. The number of carboxylic acids is 1. The Bertz CT molecular complexity index is 1090. The summed E-state index contributed by atoms with van der Waals surface area (Å²) in [6.45, 7) is 0.363. The number of nitrogens with one attached hydrogen (secondary N) is 3. The summed E-state index contributed by atoms with van der Waals surface area (Å²) in [6.07, 6.45) is 3.71. The molecule has 154 valence electrons. The number of nitrogens with two attached hydrogens (primary N) is 2. The van der Waals surface area contributed by atoms with Crippen molar-refractivity contribution in [2.75, 3.05) is 12.3 Å². The van der Waals surface area contributed by atoms with Gasteiger partial charge in [0.25, 0.3) is 11.5 Å². The highest BCUT2D eigenvalue weighted by molar-refractivity contribution is 7.14. The number of carboxylic acid groups (broad SMARTS) is 1. The van der Waals surface area contributed by atoms with E-state index in [1.807, 2.05) is 6.07 Å². The number of rotatable bonds is 9. The Kier molecular flexibility index (Phi) is 6.29. The molecule has 0 aromatic carbocycles. The Morgan fingerprint density at radius 2 is 2.10 bits per heavy atom. The highest BCUT2D eigenvalue weighted by Crippen LogP contribution is 2.21. The van der Waals surface area contributed by atoms with E-state index in [0.29, 0.717) is 41.7 Å². The van der Waals surface area contributed by atoms with Crippen LogP contribution in [0.5, 0.6) is 0 Å². The molecule has 1 unspecified atom stereocenters. The maximum Gasteiger partial charge on any atom is 0.326 e. The van der Waals surface area contributed by atoms with Crippen LogP contribution in [0.25, 0.3) is 11.0 Å². The zero-order valence-corrected chi connectivity index (χ0v) is 16.3. The molecule has 3 aromatic rings. The fraction of sp³-hybridized carbons (Fsp3) is 0.333. The standard InChI is InChI=1S/C18H22N6O4S/c19-7-1-2-11(17(27)28)22-15(25)12-6-5-10(29-12)4-3-9-8-21-14-13(9)16(26)24-18(20)23-14/h5-6,8,11H,1-4,7,19H2,(H,22,25)(H,27,28)(H4,20,21,23,24,26). The number of hydrogen-bond acceptors (Lipinski definition) is 7. The van der Waals surface area contributed by atoms with Gasteiger partial charge in [-0.15, -0.1) is 11.3 Å². The highest BCUT2D eigenvalue weighted by Gasteiger charge is 2.21. The van der Waals surface area contributed by atoms with E-state index in [-0.39, 0.29) is 17.9 Å². The molecule has 8 N–H and O–H groups in total. The minimum atomic E-state index is -1.08. The average Bonchev–Trinajstić information content (AvgIpc) is 3.30. The molecule has 3 aromatic heterocycles. The summed E-state index contributed by atoms with van der Waals surface area (Å²) in [5.41, 5.74) is 11.9. The van der Waals surface area contributed by atoms with Crippen molar-refractivity contribution < 1.29 is 14.7 Å². The van der Waals surface area contributed by atoms with Crippen LogP contribution in [-0.4, -0.2) is 44.5 Å². The molecule has 0 aliphatic rings. The molecular formula is C18H22N6O4S. The van der Waals surface area contributed by atoms with Crippen LogP contribution in [0.4, 0.5) is 5.95 Å². The molecule has 29 heavy (non-hydrogen) atoms. The van der Waals surface area contributed by atoms with Crippen LogP contribution < -0.4 is 22.3 Å². The predicted molar refractivity (Wildman–Crippen MR) is 110 cm³/mol. The van der Waals surface area contributed by atoms with Crippen molar-refractivity contribution in [2.24, 2.45) is 5.73 Å². The Labute approximate surface area is 169 Å². The second-order valence-electron chi connectivity index (χ2n) is 6.55. The molecule has 0 radical (unpaired) electrons. The fourth-order valence-corrected chi connectivity index (χ4v) is 3.93.